The quantitative estimate of drug-likeness (QED) is 0.544. The van der Waals surface area contributed by atoms with Crippen molar-refractivity contribution in [2.24, 2.45) is 5.92 Å². The van der Waals surface area contributed by atoms with Gasteiger partial charge in [-0.2, -0.15) is 0 Å². The van der Waals surface area contributed by atoms with Gasteiger partial charge in [-0.25, -0.2) is 0 Å². The Morgan fingerprint density at radius 2 is 1.65 bits per heavy atom. The van der Waals surface area contributed by atoms with Gasteiger partial charge in [-0.15, -0.1) is 0 Å². The molecule has 1 fully saturated rings. The van der Waals surface area contributed by atoms with Crippen molar-refractivity contribution >= 4 is 12.8 Å². The van der Waals surface area contributed by atoms with Crippen LogP contribution in [-0.2, 0) is 6.42 Å². The second-order valence-corrected chi connectivity index (χ2v) is 6.90. The number of piperidine rings is 1. The average Bonchev–Trinajstić information content (AvgIpc) is 2.46. The largest absolute Gasteiger partial charge is 0.253 e. The summed E-state index contributed by atoms with van der Waals surface area (Å²) in [5, 5.41) is 0. The van der Waals surface area contributed by atoms with Gasteiger partial charge in [-0.05, 0) is 44.1 Å². The number of nitrogens with zero attached hydrogens (tertiary/aromatic N) is 1. The Morgan fingerprint density at radius 3 is 2.35 bits per heavy atom. The lowest BCUT2D eigenvalue weighted by Gasteiger charge is -2.27. The summed E-state index contributed by atoms with van der Waals surface area (Å²) in [6.45, 7) is 4.52. The summed E-state index contributed by atoms with van der Waals surface area (Å²) in [4.78, 5) is 0. The first-order chi connectivity index (χ1) is 9.74. The molecule has 1 aromatic carbocycles. The van der Waals surface area contributed by atoms with E-state index in [1.807, 2.05) is 0 Å². The smallest absolute Gasteiger partial charge is 0.00896 e. The molecule has 0 aromatic heterocycles. The highest BCUT2D eigenvalue weighted by molar-refractivity contribution is 7.77. The number of hydrogen-bond acceptors (Lipinski definition) is 2. The third kappa shape index (κ3) is 5.88. The van der Waals surface area contributed by atoms with Crippen LogP contribution in [0.2, 0.25) is 0 Å². The highest BCUT2D eigenvalue weighted by atomic mass is 32.1. The van der Waals surface area contributed by atoms with Gasteiger partial charge in [0.25, 0.3) is 0 Å². The third-order valence-electron chi connectivity index (χ3n) is 4.54. The first-order valence-electron chi connectivity index (χ1n) is 8.23. The number of unbranched alkanes of at least 4 members (excludes halogenated alkanes) is 3. The Hall–Kier alpha value is -0.470. The van der Waals surface area contributed by atoms with E-state index in [2.05, 4.69) is 48.3 Å². The lowest BCUT2D eigenvalue weighted by atomic mass is 9.92. The van der Waals surface area contributed by atoms with Crippen LogP contribution in [0.1, 0.15) is 56.1 Å². The maximum absolute atomic E-state index is 4.41. The van der Waals surface area contributed by atoms with Crippen LogP contribution in [0.5, 0.6) is 0 Å². The number of thiol groups is 1. The van der Waals surface area contributed by atoms with Gasteiger partial charge >= 0.3 is 0 Å². The maximum Gasteiger partial charge on any atom is 0.00896 e. The minimum atomic E-state index is 0.968. The van der Waals surface area contributed by atoms with E-state index in [4.69, 9.17) is 0 Å². The molecule has 2 heteroatoms. The van der Waals surface area contributed by atoms with Crippen molar-refractivity contribution in [1.82, 2.24) is 4.31 Å². The van der Waals surface area contributed by atoms with Crippen LogP contribution in [0.25, 0.3) is 0 Å². The minimum absolute atomic E-state index is 0.968. The van der Waals surface area contributed by atoms with Crippen molar-refractivity contribution in [3.63, 3.8) is 0 Å². The maximum atomic E-state index is 4.41. The molecule has 1 aromatic rings. The lowest BCUT2D eigenvalue weighted by molar-refractivity contribution is 0.275. The summed E-state index contributed by atoms with van der Waals surface area (Å²) in [5.41, 5.74) is 2.86. The van der Waals surface area contributed by atoms with Crippen LogP contribution in [0.4, 0.5) is 0 Å². The van der Waals surface area contributed by atoms with Crippen molar-refractivity contribution in [3.8, 4) is 0 Å². The van der Waals surface area contributed by atoms with Gasteiger partial charge in [0, 0.05) is 13.1 Å². The molecule has 0 unspecified atom stereocenters. The van der Waals surface area contributed by atoms with Gasteiger partial charge in [0.05, 0.1) is 0 Å². The highest BCUT2D eigenvalue weighted by Crippen LogP contribution is 2.23. The van der Waals surface area contributed by atoms with Gasteiger partial charge in [-0.3, -0.25) is 4.31 Å². The number of rotatable bonds is 7. The van der Waals surface area contributed by atoms with E-state index in [1.54, 1.807) is 0 Å². The summed E-state index contributed by atoms with van der Waals surface area (Å²) < 4.78 is 2.16. The molecule has 1 aliphatic rings. The second kappa shape index (κ2) is 8.74. The predicted molar refractivity (Wildman–Crippen MR) is 91.3 cm³/mol. The predicted octanol–water partition coefficient (Wildman–Crippen LogP) is 5.04. The molecule has 20 heavy (non-hydrogen) atoms. The SMILES string of the molecule is Cc1ccc(CCCCCCC2CCN(S)CC2)cc1. The van der Waals surface area contributed by atoms with Gasteiger partial charge in [0.1, 0.15) is 0 Å². The monoisotopic (exact) mass is 291 g/mol. The van der Waals surface area contributed by atoms with Crippen LogP contribution in [0.3, 0.4) is 0 Å². The molecular formula is C18H29NS. The van der Waals surface area contributed by atoms with Crippen molar-refractivity contribution < 1.29 is 0 Å². The fourth-order valence-corrected chi connectivity index (χ4v) is 3.31. The zero-order valence-electron chi connectivity index (χ0n) is 12.9. The molecule has 0 saturated carbocycles. The van der Waals surface area contributed by atoms with Gasteiger partial charge in [0.15, 0.2) is 0 Å². The summed E-state index contributed by atoms with van der Waals surface area (Å²) in [6, 6.07) is 9.01. The molecule has 0 N–H and O–H groups in total. The molecule has 0 amide bonds. The zero-order valence-corrected chi connectivity index (χ0v) is 13.7. The molecule has 0 aliphatic carbocycles. The third-order valence-corrected chi connectivity index (χ3v) is 4.94. The molecule has 0 atom stereocenters. The fraction of sp³-hybridized carbons (Fsp3) is 0.667. The highest BCUT2D eigenvalue weighted by Gasteiger charge is 2.16. The molecule has 1 nitrogen and oxygen atoms in total. The molecule has 1 saturated heterocycles. The lowest BCUT2D eigenvalue weighted by Crippen LogP contribution is -2.26. The van der Waals surface area contributed by atoms with Crippen molar-refractivity contribution in [1.29, 1.82) is 0 Å². The van der Waals surface area contributed by atoms with Gasteiger partial charge < -0.3 is 0 Å². The summed E-state index contributed by atoms with van der Waals surface area (Å²) >= 11 is 4.41. The van der Waals surface area contributed by atoms with E-state index in [0.717, 1.165) is 5.92 Å². The first-order valence-corrected chi connectivity index (χ1v) is 8.63. The van der Waals surface area contributed by atoms with E-state index in [9.17, 15) is 0 Å². The Morgan fingerprint density at radius 1 is 1.00 bits per heavy atom. The Balaban J connectivity index is 1.48. The summed E-state index contributed by atoms with van der Waals surface area (Å²) in [6.07, 6.45) is 11.0. The number of hydrogen-bond donors (Lipinski definition) is 1. The molecule has 1 aliphatic heterocycles. The minimum Gasteiger partial charge on any atom is -0.253 e. The first kappa shape index (κ1) is 15.9. The molecule has 0 spiro atoms. The molecule has 0 radical (unpaired) electrons. The molecular weight excluding hydrogens is 262 g/mol. The zero-order chi connectivity index (χ0) is 14.2. The molecule has 1 heterocycles. The average molecular weight is 292 g/mol. The van der Waals surface area contributed by atoms with E-state index in [0.29, 0.717) is 0 Å². The second-order valence-electron chi connectivity index (χ2n) is 6.34. The summed E-state index contributed by atoms with van der Waals surface area (Å²) in [5.74, 6) is 0.968. The fourth-order valence-electron chi connectivity index (χ4n) is 3.08. The van der Waals surface area contributed by atoms with E-state index in [-0.39, 0.29) is 0 Å². The van der Waals surface area contributed by atoms with E-state index in [1.165, 1.54) is 75.6 Å². The van der Waals surface area contributed by atoms with Gasteiger partial charge in [-0.1, -0.05) is 68.3 Å². The van der Waals surface area contributed by atoms with Crippen molar-refractivity contribution in [2.75, 3.05) is 13.1 Å². The Labute approximate surface area is 130 Å². The normalized spacial score (nSPS) is 17.5. The van der Waals surface area contributed by atoms with Crippen molar-refractivity contribution in [3.05, 3.63) is 35.4 Å². The van der Waals surface area contributed by atoms with Crippen LogP contribution < -0.4 is 0 Å². The van der Waals surface area contributed by atoms with Crippen LogP contribution >= 0.6 is 12.8 Å². The van der Waals surface area contributed by atoms with E-state index >= 15 is 0 Å². The van der Waals surface area contributed by atoms with Crippen LogP contribution in [0, 0.1) is 12.8 Å². The number of aryl methyl sites for hydroxylation is 2. The Kier molecular flexibility index (Phi) is 6.95. The Bertz CT molecular complexity index is 366. The van der Waals surface area contributed by atoms with Crippen molar-refractivity contribution in [2.45, 2.75) is 58.3 Å². The van der Waals surface area contributed by atoms with Gasteiger partial charge in [0.2, 0.25) is 0 Å². The molecule has 112 valence electrons. The van der Waals surface area contributed by atoms with Crippen LogP contribution in [0.15, 0.2) is 24.3 Å². The molecule has 0 bridgehead atoms. The topological polar surface area (TPSA) is 3.24 Å². The number of benzene rings is 1. The standard InChI is InChI=1S/C18H29NS/c1-16-8-10-17(11-9-16)6-4-2-3-5-7-18-12-14-19(20)15-13-18/h8-11,18,20H,2-7,12-15H2,1H3. The van der Waals surface area contributed by atoms with Crippen LogP contribution in [-0.4, -0.2) is 17.4 Å². The van der Waals surface area contributed by atoms with E-state index < -0.39 is 0 Å². The summed E-state index contributed by atoms with van der Waals surface area (Å²) in [7, 11) is 0. The molecule has 2 rings (SSSR count).